The van der Waals surface area contributed by atoms with E-state index in [1.54, 1.807) is 6.92 Å². The Morgan fingerprint density at radius 2 is 1.81 bits per heavy atom. The highest BCUT2D eigenvalue weighted by Crippen LogP contribution is 2.24. The van der Waals surface area contributed by atoms with Crippen LogP contribution in [-0.2, 0) is 10.0 Å². The number of aromatic carboxylic acids is 1. The van der Waals surface area contributed by atoms with Gasteiger partial charge in [0.15, 0.2) is 0 Å². The summed E-state index contributed by atoms with van der Waals surface area (Å²) in [6, 6.07) is 4.00. The van der Waals surface area contributed by atoms with Crippen LogP contribution in [0.3, 0.4) is 0 Å². The van der Waals surface area contributed by atoms with E-state index < -0.39 is 16.0 Å². The van der Waals surface area contributed by atoms with Gasteiger partial charge in [-0.05, 0) is 44.4 Å². The van der Waals surface area contributed by atoms with Gasteiger partial charge in [-0.15, -0.1) is 0 Å². The third kappa shape index (κ3) is 4.04. The Morgan fingerprint density at radius 1 is 1.24 bits per heavy atom. The van der Waals surface area contributed by atoms with Gasteiger partial charge in [-0.2, -0.15) is 4.31 Å². The molecule has 6 heteroatoms. The average molecular weight is 313 g/mol. The van der Waals surface area contributed by atoms with Crippen molar-refractivity contribution in [3.05, 3.63) is 29.3 Å². The number of nitrogens with zero attached hydrogens (tertiary/aromatic N) is 1. The van der Waals surface area contributed by atoms with Crippen LogP contribution < -0.4 is 0 Å². The Labute approximate surface area is 126 Å². The molecule has 0 aliphatic carbocycles. The summed E-state index contributed by atoms with van der Waals surface area (Å²) in [5.41, 5.74) is 0.529. The first-order chi connectivity index (χ1) is 9.57. The number of carboxylic acid groups (broad SMARTS) is 1. The van der Waals surface area contributed by atoms with Crippen LogP contribution in [0, 0.1) is 12.8 Å². The maximum atomic E-state index is 12.8. The van der Waals surface area contributed by atoms with Crippen LogP contribution in [0.1, 0.15) is 43.6 Å². The average Bonchev–Trinajstić information content (AvgIpc) is 2.35. The van der Waals surface area contributed by atoms with Gasteiger partial charge in [0.25, 0.3) is 0 Å². The lowest BCUT2D eigenvalue weighted by Crippen LogP contribution is -2.39. The SMILES string of the molecule is Cc1ccc(C(=O)O)cc1S(=O)(=O)N(CC(C)C)C(C)C. The van der Waals surface area contributed by atoms with Crippen molar-refractivity contribution in [3.63, 3.8) is 0 Å². The molecule has 1 aromatic carbocycles. The summed E-state index contributed by atoms with van der Waals surface area (Å²) in [5.74, 6) is -0.948. The van der Waals surface area contributed by atoms with Gasteiger partial charge in [-0.3, -0.25) is 0 Å². The lowest BCUT2D eigenvalue weighted by molar-refractivity contribution is 0.0696. The molecule has 0 spiro atoms. The van der Waals surface area contributed by atoms with Crippen molar-refractivity contribution in [1.82, 2.24) is 4.31 Å². The van der Waals surface area contributed by atoms with Crippen LogP contribution in [-0.4, -0.2) is 36.4 Å². The highest BCUT2D eigenvalue weighted by molar-refractivity contribution is 7.89. The molecule has 0 amide bonds. The number of sulfonamides is 1. The van der Waals surface area contributed by atoms with Crippen molar-refractivity contribution < 1.29 is 18.3 Å². The summed E-state index contributed by atoms with van der Waals surface area (Å²) < 4.78 is 27.1. The van der Waals surface area contributed by atoms with Gasteiger partial charge in [0.05, 0.1) is 10.5 Å². The number of hydrogen-bond donors (Lipinski definition) is 1. The number of hydrogen-bond acceptors (Lipinski definition) is 3. The first kappa shape index (κ1) is 17.7. The van der Waals surface area contributed by atoms with Crippen LogP contribution >= 0.6 is 0 Å². The molecule has 0 heterocycles. The van der Waals surface area contributed by atoms with Crippen LogP contribution in [0.2, 0.25) is 0 Å². The van der Waals surface area contributed by atoms with Crippen LogP contribution in [0.25, 0.3) is 0 Å². The van der Waals surface area contributed by atoms with E-state index in [1.165, 1.54) is 22.5 Å². The zero-order chi connectivity index (χ0) is 16.4. The molecule has 0 aromatic heterocycles. The van der Waals surface area contributed by atoms with Gasteiger partial charge in [-0.25, -0.2) is 13.2 Å². The first-order valence-corrected chi connectivity index (χ1v) is 8.37. The number of rotatable bonds is 6. The van der Waals surface area contributed by atoms with Gasteiger partial charge in [0.2, 0.25) is 10.0 Å². The summed E-state index contributed by atoms with van der Waals surface area (Å²) in [7, 11) is -3.71. The molecule has 1 rings (SSSR count). The fourth-order valence-electron chi connectivity index (χ4n) is 2.08. The molecule has 0 saturated carbocycles. The second kappa shape index (κ2) is 6.58. The fourth-order valence-corrected chi connectivity index (χ4v) is 4.14. The van der Waals surface area contributed by atoms with E-state index >= 15 is 0 Å². The Morgan fingerprint density at radius 3 is 2.24 bits per heavy atom. The standard InChI is InChI=1S/C15H23NO4S/c1-10(2)9-16(11(3)4)21(19,20)14-8-13(15(17)18)7-6-12(14)5/h6-8,10-11H,9H2,1-5H3,(H,17,18). The number of benzene rings is 1. The quantitative estimate of drug-likeness (QED) is 0.876. The molecule has 0 bridgehead atoms. The van der Waals surface area contributed by atoms with Gasteiger partial charge >= 0.3 is 5.97 Å². The third-order valence-electron chi connectivity index (χ3n) is 3.14. The van der Waals surface area contributed by atoms with E-state index in [9.17, 15) is 13.2 Å². The summed E-state index contributed by atoms with van der Waals surface area (Å²) in [4.78, 5) is 11.1. The van der Waals surface area contributed by atoms with Crippen molar-refractivity contribution in [1.29, 1.82) is 0 Å². The number of aryl methyl sites for hydroxylation is 1. The molecule has 118 valence electrons. The molecule has 0 unspecified atom stereocenters. The Hall–Kier alpha value is -1.40. The predicted octanol–water partition coefficient (Wildman–Crippen LogP) is 2.75. The second-order valence-electron chi connectivity index (χ2n) is 5.85. The summed E-state index contributed by atoms with van der Waals surface area (Å²) in [6.45, 7) is 9.60. The number of carboxylic acids is 1. The maximum absolute atomic E-state index is 12.8. The third-order valence-corrected chi connectivity index (χ3v) is 5.33. The highest BCUT2D eigenvalue weighted by Gasteiger charge is 2.29. The van der Waals surface area contributed by atoms with Gasteiger partial charge in [0.1, 0.15) is 0 Å². The summed E-state index contributed by atoms with van der Waals surface area (Å²) >= 11 is 0. The van der Waals surface area contributed by atoms with Crippen molar-refractivity contribution in [3.8, 4) is 0 Å². The normalized spacial score (nSPS) is 12.4. The maximum Gasteiger partial charge on any atom is 0.335 e. The molecule has 0 atom stereocenters. The van der Waals surface area contributed by atoms with Crippen LogP contribution in [0.4, 0.5) is 0 Å². The molecule has 1 N–H and O–H groups in total. The predicted molar refractivity (Wildman–Crippen MR) is 82.0 cm³/mol. The lowest BCUT2D eigenvalue weighted by Gasteiger charge is -2.28. The Balaban J connectivity index is 3.40. The molecule has 0 aliphatic rings. The molecule has 0 saturated heterocycles. The fraction of sp³-hybridized carbons (Fsp3) is 0.533. The highest BCUT2D eigenvalue weighted by atomic mass is 32.2. The zero-order valence-corrected chi connectivity index (χ0v) is 13.9. The molecular formula is C15H23NO4S. The number of carbonyl (C=O) groups is 1. The smallest absolute Gasteiger partial charge is 0.335 e. The van der Waals surface area contributed by atoms with Crippen molar-refractivity contribution in [2.45, 2.75) is 45.6 Å². The zero-order valence-electron chi connectivity index (χ0n) is 13.1. The van der Waals surface area contributed by atoms with E-state index in [2.05, 4.69) is 0 Å². The monoisotopic (exact) mass is 313 g/mol. The van der Waals surface area contributed by atoms with Gasteiger partial charge in [-0.1, -0.05) is 19.9 Å². The van der Waals surface area contributed by atoms with Crippen molar-refractivity contribution >= 4 is 16.0 Å². The van der Waals surface area contributed by atoms with Crippen molar-refractivity contribution in [2.75, 3.05) is 6.54 Å². The summed E-state index contributed by atoms with van der Waals surface area (Å²) in [6.07, 6.45) is 0. The minimum absolute atomic E-state index is 0.0209. The van der Waals surface area contributed by atoms with E-state index in [0.717, 1.165) is 0 Å². The van der Waals surface area contributed by atoms with E-state index in [1.807, 2.05) is 27.7 Å². The molecule has 0 radical (unpaired) electrons. The molecule has 1 aromatic rings. The minimum atomic E-state index is -3.71. The lowest BCUT2D eigenvalue weighted by atomic mass is 10.1. The Bertz CT molecular complexity index is 621. The Kier molecular flexibility index (Phi) is 5.53. The van der Waals surface area contributed by atoms with Gasteiger partial charge < -0.3 is 5.11 Å². The van der Waals surface area contributed by atoms with E-state index in [4.69, 9.17) is 5.11 Å². The molecule has 0 fully saturated rings. The van der Waals surface area contributed by atoms with E-state index in [0.29, 0.717) is 12.1 Å². The van der Waals surface area contributed by atoms with Crippen LogP contribution in [0.5, 0.6) is 0 Å². The second-order valence-corrected chi connectivity index (χ2v) is 7.71. The first-order valence-electron chi connectivity index (χ1n) is 6.93. The summed E-state index contributed by atoms with van der Waals surface area (Å²) in [5, 5.41) is 9.05. The molecular weight excluding hydrogens is 290 g/mol. The topological polar surface area (TPSA) is 74.7 Å². The minimum Gasteiger partial charge on any atom is -0.478 e. The van der Waals surface area contributed by atoms with Crippen molar-refractivity contribution in [2.24, 2.45) is 5.92 Å². The van der Waals surface area contributed by atoms with E-state index in [-0.39, 0.29) is 22.4 Å². The van der Waals surface area contributed by atoms with Gasteiger partial charge in [0, 0.05) is 12.6 Å². The largest absolute Gasteiger partial charge is 0.478 e. The molecule has 5 nitrogen and oxygen atoms in total. The van der Waals surface area contributed by atoms with Crippen LogP contribution in [0.15, 0.2) is 23.1 Å². The molecule has 0 aliphatic heterocycles. The molecule has 21 heavy (non-hydrogen) atoms.